The average molecular weight is 156 g/mol. The molecule has 0 atom stereocenters. The van der Waals surface area contributed by atoms with Crippen LogP contribution < -0.4 is 5.73 Å². The Morgan fingerprint density at radius 3 is 2.40 bits per heavy atom. The van der Waals surface area contributed by atoms with Crippen LogP contribution in [0.15, 0.2) is 10.5 Å². The van der Waals surface area contributed by atoms with E-state index < -0.39 is 5.91 Å². The molecule has 0 aromatic rings. The fraction of sp³-hybridized carbons (Fsp3) is 0.333. The van der Waals surface area contributed by atoms with Crippen LogP contribution in [0.4, 0.5) is 0 Å². The Bertz CT molecular complexity index is 214. The summed E-state index contributed by atoms with van der Waals surface area (Å²) in [6.07, 6.45) is 0.551. The molecule has 0 saturated heterocycles. The van der Waals surface area contributed by atoms with E-state index in [1.807, 2.05) is 0 Å². The van der Waals surface area contributed by atoms with Gasteiger partial charge in [-0.3, -0.25) is 4.79 Å². The Morgan fingerprint density at radius 1 is 1.80 bits per heavy atom. The maximum absolute atomic E-state index is 10.4. The van der Waals surface area contributed by atoms with Crippen molar-refractivity contribution in [1.82, 2.24) is 0 Å². The van der Waals surface area contributed by atoms with Crippen molar-refractivity contribution in [2.75, 3.05) is 0 Å². The highest BCUT2D eigenvalue weighted by molar-refractivity contribution is 7.84. The molecule has 0 saturated carbocycles. The maximum Gasteiger partial charge on any atom is 0.260 e. The second kappa shape index (κ2) is 3.96. The van der Waals surface area contributed by atoms with Gasteiger partial charge in [0.15, 0.2) is 0 Å². The van der Waals surface area contributed by atoms with Crippen LogP contribution >= 0.6 is 12.6 Å². The first-order chi connectivity index (χ1) is 4.63. The molecule has 54 valence electrons. The monoisotopic (exact) mass is 156 g/mol. The number of amides is 1. The molecule has 0 aliphatic rings. The van der Waals surface area contributed by atoms with E-state index in [1.165, 1.54) is 0 Å². The minimum atomic E-state index is -0.714. The molecule has 3 nitrogen and oxygen atoms in total. The fourth-order valence-corrected chi connectivity index (χ4v) is 0.599. The zero-order valence-corrected chi connectivity index (χ0v) is 6.48. The standard InChI is InChI=1S/C6H8N2OS/c1-2-5(10)4(3-7)6(8)9/h10H,2H2,1H3,(H2,8,9)/b5-4-. The van der Waals surface area contributed by atoms with Crippen molar-refractivity contribution < 1.29 is 4.79 Å². The largest absolute Gasteiger partial charge is 0.365 e. The lowest BCUT2D eigenvalue weighted by molar-refractivity contribution is -0.114. The summed E-state index contributed by atoms with van der Waals surface area (Å²) in [7, 11) is 0. The number of primary amides is 1. The van der Waals surface area contributed by atoms with Crippen LogP contribution in [0.1, 0.15) is 13.3 Å². The van der Waals surface area contributed by atoms with E-state index in [4.69, 9.17) is 11.0 Å². The van der Waals surface area contributed by atoms with Gasteiger partial charge >= 0.3 is 0 Å². The van der Waals surface area contributed by atoms with Crippen molar-refractivity contribution >= 4 is 18.5 Å². The van der Waals surface area contributed by atoms with Gasteiger partial charge in [0.2, 0.25) is 0 Å². The number of nitrogens with zero attached hydrogens (tertiary/aromatic N) is 1. The molecule has 0 spiro atoms. The first-order valence-electron chi connectivity index (χ1n) is 2.75. The third-order valence-corrected chi connectivity index (χ3v) is 1.52. The lowest BCUT2D eigenvalue weighted by Gasteiger charge is -1.94. The van der Waals surface area contributed by atoms with Crippen LogP contribution in [-0.2, 0) is 4.79 Å². The third kappa shape index (κ3) is 2.11. The Kier molecular flexibility index (Phi) is 3.59. The average Bonchev–Trinajstić information content (AvgIpc) is 1.88. The number of hydrogen-bond donors (Lipinski definition) is 2. The molecule has 0 aromatic carbocycles. The summed E-state index contributed by atoms with van der Waals surface area (Å²) in [5.74, 6) is -0.714. The smallest absolute Gasteiger partial charge is 0.260 e. The lowest BCUT2D eigenvalue weighted by Crippen LogP contribution is -2.13. The van der Waals surface area contributed by atoms with Crippen molar-refractivity contribution in [2.45, 2.75) is 13.3 Å². The highest BCUT2D eigenvalue weighted by Crippen LogP contribution is 2.10. The zero-order chi connectivity index (χ0) is 8.15. The van der Waals surface area contributed by atoms with E-state index >= 15 is 0 Å². The summed E-state index contributed by atoms with van der Waals surface area (Å²) in [6, 6.07) is 1.68. The lowest BCUT2D eigenvalue weighted by atomic mass is 10.2. The Labute approximate surface area is 64.9 Å². The molecule has 0 rings (SSSR count). The number of thiol groups is 1. The molecule has 0 fully saturated rings. The van der Waals surface area contributed by atoms with Gasteiger partial charge in [0.05, 0.1) is 0 Å². The number of carbonyl (C=O) groups excluding carboxylic acids is 1. The van der Waals surface area contributed by atoms with Crippen LogP contribution in [0.25, 0.3) is 0 Å². The molecule has 0 aliphatic heterocycles. The summed E-state index contributed by atoms with van der Waals surface area (Å²) in [5.41, 5.74) is 4.81. The van der Waals surface area contributed by atoms with Gasteiger partial charge in [-0.1, -0.05) is 6.92 Å². The van der Waals surface area contributed by atoms with Crippen LogP contribution in [0.3, 0.4) is 0 Å². The van der Waals surface area contributed by atoms with E-state index in [9.17, 15) is 4.79 Å². The molecule has 0 unspecified atom stereocenters. The normalized spacial score (nSPS) is 11.7. The van der Waals surface area contributed by atoms with E-state index in [2.05, 4.69) is 12.6 Å². The number of nitrogens with two attached hydrogens (primary N) is 1. The first kappa shape index (κ1) is 9.05. The van der Waals surface area contributed by atoms with E-state index in [0.717, 1.165) is 0 Å². The minimum Gasteiger partial charge on any atom is -0.365 e. The summed E-state index contributed by atoms with van der Waals surface area (Å²) in [4.78, 5) is 10.9. The molecule has 2 N–H and O–H groups in total. The molecule has 0 bridgehead atoms. The summed E-state index contributed by atoms with van der Waals surface area (Å²) < 4.78 is 0. The molecule has 0 aliphatic carbocycles. The van der Waals surface area contributed by atoms with Crippen LogP contribution in [0.5, 0.6) is 0 Å². The second-order valence-corrected chi connectivity index (χ2v) is 2.19. The van der Waals surface area contributed by atoms with Crippen molar-refractivity contribution in [3.63, 3.8) is 0 Å². The van der Waals surface area contributed by atoms with Crippen molar-refractivity contribution in [2.24, 2.45) is 5.73 Å². The SMILES string of the molecule is CC/C(S)=C(\C#N)C(N)=O. The first-order valence-corrected chi connectivity index (χ1v) is 3.20. The van der Waals surface area contributed by atoms with Crippen LogP contribution in [0, 0.1) is 11.3 Å². The molecule has 0 aromatic heterocycles. The quantitative estimate of drug-likeness (QED) is 0.349. The van der Waals surface area contributed by atoms with E-state index in [0.29, 0.717) is 11.3 Å². The second-order valence-electron chi connectivity index (χ2n) is 1.65. The predicted octanol–water partition coefficient (Wildman–Crippen LogP) is 0.589. The number of carbonyl (C=O) groups is 1. The van der Waals surface area contributed by atoms with Gasteiger partial charge < -0.3 is 5.73 Å². The Hall–Kier alpha value is -0.950. The summed E-state index contributed by atoms with van der Waals surface area (Å²) in [6.45, 7) is 1.79. The number of nitriles is 1. The van der Waals surface area contributed by atoms with Gasteiger partial charge in [-0.15, -0.1) is 12.6 Å². The van der Waals surface area contributed by atoms with Crippen LogP contribution in [-0.4, -0.2) is 5.91 Å². The van der Waals surface area contributed by atoms with Gasteiger partial charge in [-0.25, -0.2) is 0 Å². The summed E-state index contributed by atoms with van der Waals surface area (Å²) >= 11 is 3.90. The minimum absolute atomic E-state index is 0.0502. The predicted molar refractivity (Wildman–Crippen MR) is 41.1 cm³/mol. The summed E-state index contributed by atoms with van der Waals surface area (Å²) in [5, 5.41) is 8.34. The zero-order valence-electron chi connectivity index (χ0n) is 5.59. The van der Waals surface area contributed by atoms with Crippen molar-refractivity contribution in [1.29, 1.82) is 5.26 Å². The van der Waals surface area contributed by atoms with Gasteiger partial charge in [-0.05, 0) is 6.42 Å². The van der Waals surface area contributed by atoms with E-state index in [1.54, 1.807) is 13.0 Å². The molecular weight excluding hydrogens is 148 g/mol. The molecule has 10 heavy (non-hydrogen) atoms. The third-order valence-electron chi connectivity index (χ3n) is 0.982. The van der Waals surface area contributed by atoms with Crippen molar-refractivity contribution in [3.05, 3.63) is 10.5 Å². The topological polar surface area (TPSA) is 66.9 Å². The highest BCUT2D eigenvalue weighted by Gasteiger charge is 2.06. The highest BCUT2D eigenvalue weighted by atomic mass is 32.1. The molecule has 1 amide bonds. The fourth-order valence-electron chi connectivity index (χ4n) is 0.439. The van der Waals surface area contributed by atoms with Gasteiger partial charge in [-0.2, -0.15) is 5.26 Å². The van der Waals surface area contributed by atoms with Gasteiger partial charge in [0.1, 0.15) is 11.6 Å². The number of allylic oxidation sites excluding steroid dienone is 1. The number of rotatable bonds is 2. The molecular formula is C6H8N2OS. The molecule has 4 heteroatoms. The van der Waals surface area contributed by atoms with Crippen LogP contribution in [0.2, 0.25) is 0 Å². The van der Waals surface area contributed by atoms with Gasteiger partial charge in [0, 0.05) is 4.91 Å². The number of hydrogen-bond acceptors (Lipinski definition) is 3. The van der Waals surface area contributed by atoms with Crippen molar-refractivity contribution in [3.8, 4) is 6.07 Å². The van der Waals surface area contributed by atoms with E-state index in [-0.39, 0.29) is 5.57 Å². The molecule has 0 radical (unpaired) electrons. The van der Waals surface area contributed by atoms with Gasteiger partial charge in [0.25, 0.3) is 5.91 Å². The Balaban J connectivity index is 4.68. The maximum atomic E-state index is 10.4. The Morgan fingerprint density at radius 2 is 2.30 bits per heavy atom. The molecule has 0 heterocycles.